The van der Waals surface area contributed by atoms with Crippen molar-refractivity contribution in [3.63, 3.8) is 0 Å². The van der Waals surface area contributed by atoms with Crippen molar-refractivity contribution in [2.24, 2.45) is 5.92 Å². The van der Waals surface area contributed by atoms with Gasteiger partial charge in [0.25, 0.3) is 0 Å². The molecule has 1 aromatic rings. The zero-order valence-corrected chi connectivity index (χ0v) is 10.7. The summed E-state index contributed by atoms with van der Waals surface area (Å²) >= 11 is 3.19. The minimum Gasteiger partial charge on any atom is -0.453 e. The monoisotopic (exact) mass is 293 g/mol. The van der Waals surface area contributed by atoms with Crippen molar-refractivity contribution in [2.45, 2.75) is 13.5 Å². The van der Waals surface area contributed by atoms with E-state index < -0.39 is 10.0 Å². The van der Waals surface area contributed by atoms with Gasteiger partial charge in [0.2, 0.25) is 10.0 Å². The van der Waals surface area contributed by atoms with Crippen molar-refractivity contribution >= 4 is 26.0 Å². The predicted octanol–water partition coefficient (Wildman–Crippen LogP) is 1.82. The van der Waals surface area contributed by atoms with Crippen LogP contribution < -0.4 is 0 Å². The summed E-state index contributed by atoms with van der Waals surface area (Å²) in [4.78, 5) is 0. The number of hydrogen-bond acceptors (Lipinski definition) is 3. The SMILES string of the molecule is CC1CN(Cc2ccc(Br)o2)S(=O)(=O)C1. The topological polar surface area (TPSA) is 50.5 Å². The molecule has 0 amide bonds. The molecule has 84 valence electrons. The van der Waals surface area contributed by atoms with E-state index in [1.54, 1.807) is 12.1 Å². The van der Waals surface area contributed by atoms with Gasteiger partial charge in [-0.25, -0.2) is 8.42 Å². The van der Waals surface area contributed by atoms with E-state index in [9.17, 15) is 8.42 Å². The fourth-order valence-electron chi connectivity index (χ4n) is 1.75. The van der Waals surface area contributed by atoms with E-state index >= 15 is 0 Å². The number of furan rings is 1. The standard InChI is InChI=1S/C9H12BrNO3S/c1-7-4-11(15(12,13)6-7)5-8-2-3-9(10)14-8/h2-3,7H,4-6H2,1H3. The Hall–Kier alpha value is -0.330. The molecule has 1 aromatic heterocycles. The molecule has 0 spiro atoms. The number of nitrogens with zero attached hydrogens (tertiary/aromatic N) is 1. The van der Waals surface area contributed by atoms with Gasteiger partial charge in [0.1, 0.15) is 5.76 Å². The number of halogens is 1. The highest BCUT2D eigenvalue weighted by Gasteiger charge is 2.33. The van der Waals surface area contributed by atoms with Gasteiger partial charge in [-0.2, -0.15) is 4.31 Å². The van der Waals surface area contributed by atoms with Crippen LogP contribution >= 0.6 is 15.9 Å². The largest absolute Gasteiger partial charge is 0.453 e. The second kappa shape index (κ2) is 3.92. The van der Waals surface area contributed by atoms with E-state index in [4.69, 9.17) is 4.42 Å². The van der Waals surface area contributed by atoms with Gasteiger partial charge < -0.3 is 4.42 Å². The van der Waals surface area contributed by atoms with Crippen LogP contribution in [0.15, 0.2) is 21.2 Å². The van der Waals surface area contributed by atoms with E-state index in [0.29, 0.717) is 23.5 Å². The molecule has 1 saturated heterocycles. The minimum atomic E-state index is -3.07. The molecule has 4 nitrogen and oxygen atoms in total. The van der Waals surface area contributed by atoms with E-state index in [2.05, 4.69) is 15.9 Å². The first-order chi connectivity index (χ1) is 6.97. The van der Waals surface area contributed by atoms with Crippen LogP contribution in [0.25, 0.3) is 0 Å². The first-order valence-electron chi connectivity index (χ1n) is 4.69. The summed E-state index contributed by atoms with van der Waals surface area (Å²) in [6.45, 7) is 2.86. The number of sulfonamides is 1. The van der Waals surface area contributed by atoms with Crippen LogP contribution in [0.1, 0.15) is 12.7 Å². The summed E-state index contributed by atoms with van der Waals surface area (Å²) in [5.41, 5.74) is 0. The molecule has 1 unspecified atom stereocenters. The zero-order chi connectivity index (χ0) is 11.1. The Morgan fingerprint density at radius 2 is 2.33 bits per heavy atom. The lowest BCUT2D eigenvalue weighted by Gasteiger charge is -2.11. The Labute approximate surface area is 97.4 Å². The molecule has 2 rings (SSSR count). The predicted molar refractivity (Wildman–Crippen MR) is 59.8 cm³/mol. The Morgan fingerprint density at radius 1 is 1.60 bits per heavy atom. The van der Waals surface area contributed by atoms with Crippen LogP contribution in [-0.2, 0) is 16.6 Å². The van der Waals surface area contributed by atoms with Crippen molar-refractivity contribution in [2.75, 3.05) is 12.3 Å². The average Bonchev–Trinajstić information content (AvgIpc) is 2.58. The lowest BCUT2D eigenvalue weighted by atomic mass is 10.2. The highest BCUT2D eigenvalue weighted by atomic mass is 79.9. The second-order valence-corrected chi connectivity index (χ2v) is 6.68. The van der Waals surface area contributed by atoms with E-state index in [0.717, 1.165) is 0 Å². The normalized spacial score (nSPS) is 25.9. The Bertz CT molecular complexity index is 454. The fourth-order valence-corrected chi connectivity index (χ4v) is 3.93. The molecule has 0 aromatic carbocycles. The van der Waals surface area contributed by atoms with E-state index in [1.165, 1.54) is 4.31 Å². The van der Waals surface area contributed by atoms with Crippen molar-refractivity contribution in [1.82, 2.24) is 4.31 Å². The molecule has 0 saturated carbocycles. The maximum Gasteiger partial charge on any atom is 0.214 e. The van der Waals surface area contributed by atoms with E-state index in [1.807, 2.05) is 6.92 Å². The van der Waals surface area contributed by atoms with Gasteiger partial charge >= 0.3 is 0 Å². The molecule has 2 heterocycles. The van der Waals surface area contributed by atoms with Crippen molar-refractivity contribution in [3.8, 4) is 0 Å². The second-order valence-electron chi connectivity index (χ2n) is 3.88. The summed E-state index contributed by atoms with van der Waals surface area (Å²) in [6, 6.07) is 3.55. The first-order valence-corrected chi connectivity index (χ1v) is 7.09. The minimum absolute atomic E-state index is 0.202. The lowest BCUT2D eigenvalue weighted by Crippen LogP contribution is -2.25. The highest BCUT2D eigenvalue weighted by molar-refractivity contribution is 9.10. The maximum atomic E-state index is 11.7. The molecule has 1 atom stereocenters. The maximum absolute atomic E-state index is 11.7. The van der Waals surface area contributed by atoms with Gasteiger partial charge in [0, 0.05) is 6.54 Å². The van der Waals surface area contributed by atoms with Crippen LogP contribution in [0, 0.1) is 5.92 Å². The molecule has 15 heavy (non-hydrogen) atoms. The van der Waals surface area contributed by atoms with Crippen LogP contribution in [-0.4, -0.2) is 25.0 Å². The zero-order valence-electron chi connectivity index (χ0n) is 8.31. The molecule has 1 fully saturated rings. The number of rotatable bonds is 2. The van der Waals surface area contributed by atoms with Crippen molar-refractivity contribution in [1.29, 1.82) is 0 Å². The van der Waals surface area contributed by atoms with Crippen LogP contribution in [0.3, 0.4) is 0 Å². The highest BCUT2D eigenvalue weighted by Crippen LogP contribution is 2.23. The summed E-state index contributed by atoms with van der Waals surface area (Å²) in [6.07, 6.45) is 0. The summed E-state index contributed by atoms with van der Waals surface area (Å²) in [5, 5.41) is 0. The summed E-state index contributed by atoms with van der Waals surface area (Å²) in [7, 11) is -3.07. The smallest absolute Gasteiger partial charge is 0.214 e. The van der Waals surface area contributed by atoms with Gasteiger partial charge in [0.05, 0.1) is 12.3 Å². The summed E-state index contributed by atoms with van der Waals surface area (Å²) in [5.74, 6) is 1.11. The molecule has 0 aliphatic carbocycles. The molecule has 0 bridgehead atoms. The van der Waals surface area contributed by atoms with Crippen LogP contribution in [0.4, 0.5) is 0 Å². The van der Waals surface area contributed by atoms with Gasteiger partial charge in [-0.1, -0.05) is 6.92 Å². The summed E-state index contributed by atoms with van der Waals surface area (Å²) < 4.78 is 30.7. The Morgan fingerprint density at radius 3 is 2.80 bits per heavy atom. The molecule has 0 radical (unpaired) electrons. The first kappa shape index (κ1) is 11.2. The van der Waals surface area contributed by atoms with Gasteiger partial charge in [-0.3, -0.25) is 0 Å². The molecule has 0 N–H and O–H groups in total. The van der Waals surface area contributed by atoms with Crippen molar-refractivity contribution < 1.29 is 12.8 Å². The molecular weight excluding hydrogens is 282 g/mol. The van der Waals surface area contributed by atoms with Crippen LogP contribution in [0.2, 0.25) is 0 Å². The van der Waals surface area contributed by atoms with Crippen molar-refractivity contribution in [3.05, 3.63) is 22.6 Å². The average molecular weight is 294 g/mol. The molecule has 6 heteroatoms. The van der Waals surface area contributed by atoms with Gasteiger partial charge in [0.15, 0.2) is 4.67 Å². The Kier molecular flexibility index (Phi) is 2.92. The third-order valence-corrected chi connectivity index (χ3v) is 4.85. The van der Waals surface area contributed by atoms with Crippen LogP contribution in [0.5, 0.6) is 0 Å². The molecule has 1 aliphatic rings. The lowest BCUT2D eigenvalue weighted by molar-refractivity contribution is 0.361. The van der Waals surface area contributed by atoms with Gasteiger partial charge in [-0.15, -0.1) is 0 Å². The third-order valence-electron chi connectivity index (χ3n) is 2.36. The Balaban J connectivity index is 2.13. The third kappa shape index (κ3) is 2.43. The fraction of sp³-hybridized carbons (Fsp3) is 0.556. The molecular formula is C9H12BrNO3S. The van der Waals surface area contributed by atoms with Gasteiger partial charge in [-0.05, 0) is 34.0 Å². The quantitative estimate of drug-likeness (QED) is 0.836. The number of hydrogen-bond donors (Lipinski definition) is 0. The van der Waals surface area contributed by atoms with E-state index in [-0.39, 0.29) is 11.7 Å². The molecule has 1 aliphatic heterocycles.